The number of likely N-dealkylation sites (tertiary alicyclic amines) is 2. The monoisotopic (exact) mass is 791 g/mol. The zero-order valence-corrected chi connectivity index (χ0v) is 34.0. The smallest absolute Gasteiger partial charge is 0.337 e. The first-order chi connectivity index (χ1) is 28.0. The number of hydrogen-bond donors (Lipinski definition) is 2. The van der Waals surface area contributed by atoms with E-state index in [-0.39, 0.29) is 28.6 Å². The minimum Gasteiger partial charge on any atom is -0.465 e. The summed E-state index contributed by atoms with van der Waals surface area (Å²) >= 11 is 0. The second-order valence-corrected chi connectivity index (χ2v) is 17.6. The van der Waals surface area contributed by atoms with Crippen molar-refractivity contribution in [2.45, 2.75) is 77.0 Å². The lowest BCUT2D eigenvalue weighted by Crippen LogP contribution is -2.32. The SMILES string of the molecule is COC(=O)c1ccc2c(c1)CC1(CC2)CCN(C=O)C1.COC(=O)c1ccc2c(c1)CC1(CCNC1)CC2.O=CN1CCC2(CCc3ccc(C(=O)CO)cc3C2)C1. The van der Waals surface area contributed by atoms with Gasteiger partial charge in [0, 0.05) is 38.3 Å². The van der Waals surface area contributed by atoms with Crippen LogP contribution >= 0.6 is 0 Å². The number of ketones is 1. The molecule has 58 heavy (non-hydrogen) atoms. The van der Waals surface area contributed by atoms with Gasteiger partial charge in [0.05, 0.1) is 25.3 Å². The van der Waals surface area contributed by atoms with Gasteiger partial charge in [-0.25, -0.2) is 9.59 Å². The number of fused-ring (bicyclic) bond motifs is 3. The van der Waals surface area contributed by atoms with Crippen LogP contribution in [0.1, 0.15) is 103 Å². The van der Waals surface area contributed by atoms with E-state index in [4.69, 9.17) is 14.6 Å². The number of aryl methyl sites for hydroxylation is 3. The zero-order valence-electron chi connectivity index (χ0n) is 34.0. The van der Waals surface area contributed by atoms with Gasteiger partial charge in [0.1, 0.15) is 6.61 Å². The molecule has 2 amide bonds. The Labute approximate surface area is 341 Å². The van der Waals surface area contributed by atoms with E-state index in [9.17, 15) is 24.0 Å². The van der Waals surface area contributed by atoms with Gasteiger partial charge in [-0.15, -0.1) is 0 Å². The van der Waals surface area contributed by atoms with Crippen LogP contribution in [-0.4, -0.2) is 106 Å². The molecule has 3 atom stereocenters. The molecule has 3 aliphatic carbocycles. The van der Waals surface area contributed by atoms with Crippen molar-refractivity contribution in [2.75, 3.05) is 60.1 Å². The van der Waals surface area contributed by atoms with E-state index in [2.05, 4.69) is 11.4 Å². The van der Waals surface area contributed by atoms with Crippen LogP contribution < -0.4 is 5.32 Å². The molecule has 6 aliphatic rings. The first-order valence-corrected chi connectivity index (χ1v) is 20.8. The maximum Gasteiger partial charge on any atom is 0.337 e. The summed E-state index contributed by atoms with van der Waals surface area (Å²) < 4.78 is 9.58. The van der Waals surface area contributed by atoms with Crippen LogP contribution in [-0.2, 0) is 57.6 Å². The molecule has 0 aromatic heterocycles. The largest absolute Gasteiger partial charge is 0.465 e. The number of ether oxygens (including phenoxy) is 2. The Bertz CT molecular complexity index is 1940. The number of nitrogens with one attached hydrogen (secondary N) is 1. The summed E-state index contributed by atoms with van der Waals surface area (Å²) in [5.41, 5.74) is 10.5. The topological polar surface area (TPSA) is 143 Å². The lowest BCUT2D eigenvalue weighted by molar-refractivity contribution is -0.118. The first kappa shape index (κ1) is 41.3. The van der Waals surface area contributed by atoms with Gasteiger partial charge < -0.3 is 29.7 Å². The number of aliphatic hydroxyl groups excluding tert-OH is 1. The summed E-state index contributed by atoms with van der Waals surface area (Å²) in [5.74, 6) is -0.747. The van der Waals surface area contributed by atoms with Gasteiger partial charge in [-0.3, -0.25) is 14.4 Å². The number of carbonyl (C=O) groups is 5. The van der Waals surface area contributed by atoms with Gasteiger partial charge >= 0.3 is 11.9 Å². The van der Waals surface area contributed by atoms with Gasteiger partial charge in [0.2, 0.25) is 12.8 Å². The third-order valence-electron chi connectivity index (χ3n) is 14.0. The van der Waals surface area contributed by atoms with E-state index in [1.54, 1.807) is 0 Å². The Hall–Kier alpha value is -4.87. The minimum atomic E-state index is -0.442. The predicted octanol–water partition coefficient (Wildman–Crippen LogP) is 4.95. The molecule has 3 aromatic carbocycles. The van der Waals surface area contributed by atoms with Crippen molar-refractivity contribution in [1.82, 2.24) is 15.1 Å². The third kappa shape index (κ3) is 8.90. The number of carbonyl (C=O) groups excluding carboxylic acids is 5. The van der Waals surface area contributed by atoms with Crippen LogP contribution in [0, 0.1) is 16.2 Å². The van der Waals surface area contributed by atoms with Gasteiger partial charge in [0.25, 0.3) is 0 Å². The highest BCUT2D eigenvalue weighted by Gasteiger charge is 2.42. The molecule has 11 heteroatoms. The van der Waals surface area contributed by atoms with E-state index in [0.717, 1.165) is 116 Å². The molecule has 11 nitrogen and oxygen atoms in total. The van der Waals surface area contributed by atoms with Crippen LogP contribution in [0.3, 0.4) is 0 Å². The highest BCUT2D eigenvalue weighted by Crippen LogP contribution is 2.44. The summed E-state index contributed by atoms with van der Waals surface area (Å²) in [4.78, 5) is 60.4. The van der Waals surface area contributed by atoms with E-state index < -0.39 is 6.61 Å². The standard InChI is InChI=1S/2C16H19NO3.C15H19NO2/c1-20-15(19)13-3-2-12-4-5-16(9-14(12)8-13)6-7-17(10-16)11-18;18-9-15(20)13-2-1-12-3-4-16(8-14(12)7-13)5-6-17(10-16)11-19;1-18-14(17)12-3-2-11-4-5-15(6-7-16-10-15)9-13(11)8-12/h2-3,8,11H,4-7,9-10H2,1H3;1-2,7,11,18H,3-6,8-10H2;2-3,8,16H,4-7,9-10H2,1H3. The molecule has 3 unspecified atom stereocenters. The number of esters is 2. The van der Waals surface area contributed by atoms with Crippen molar-refractivity contribution in [2.24, 2.45) is 16.2 Å². The fourth-order valence-corrected chi connectivity index (χ4v) is 10.5. The van der Waals surface area contributed by atoms with E-state index in [1.165, 1.54) is 60.4 Å². The number of hydrogen-bond acceptors (Lipinski definition) is 9. The van der Waals surface area contributed by atoms with Gasteiger partial charge in [-0.1, -0.05) is 24.3 Å². The van der Waals surface area contributed by atoms with Gasteiger partial charge in [0.15, 0.2) is 5.78 Å². The molecule has 0 radical (unpaired) electrons. The number of amides is 2. The molecule has 3 saturated heterocycles. The summed E-state index contributed by atoms with van der Waals surface area (Å²) in [6, 6.07) is 17.6. The molecule has 308 valence electrons. The number of nitrogens with zero attached hydrogens (tertiary/aromatic N) is 2. The summed E-state index contributed by atoms with van der Waals surface area (Å²) in [6.07, 6.45) is 14.9. The van der Waals surface area contributed by atoms with Crippen LogP contribution in [0.25, 0.3) is 0 Å². The maximum atomic E-state index is 11.6. The number of rotatable bonds is 6. The fraction of sp³-hybridized carbons (Fsp3) is 0.511. The van der Waals surface area contributed by atoms with Crippen molar-refractivity contribution in [3.05, 3.63) is 105 Å². The molecule has 2 N–H and O–H groups in total. The van der Waals surface area contributed by atoms with Gasteiger partial charge in [-0.2, -0.15) is 0 Å². The third-order valence-corrected chi connectivity index (χ3v) is 14.0. The van der Waals surface area contributed by atoms with E-state index in [1.807, 2.05) is 58.3 Å². The average Bonchev–Trinajstić information content (AvgIpc) is 4.01. The molecule has 3 heterocycles. The normalized spacial score (nSPS) is 25.1. The van der Waals surface area contributed by atoms with Crippen LogP contribution in [0.15, 0.2) is 54.6 Å². The minimum absolute atomic E-state index is 0.189. The number of methoxy groups -OCH3 is 2. The van der Waals surface area contributed by atoms with Crippen molar-refractivity contribution in [3.8, 4) is 0 Å². The Morgan fingerprint density at radius 1 is 0.621 bits per heavy atom. The van der Waals surface area contributed by atoms with Crippen LogP contribution in [0.2, 0.25) is 0 Å². The number of Topliss-reactive ketones (excluding diaryl/α,β-unsaturated/α-hetero) is 1. The average molecular weight is 792 g/mol. The molecule has 9 rings (SSSR count). The Morgan fingerprint density at radius 2 is 1.05 bits per heavy atom. The molecular formula is C47H57N3O8. The summed E-state index contributed by atoms with van der Waals surface area (Å²) in [7, 11) is 2.84. The molecule has 3 aliphatic heterocycles. The zero-order chi connectivity index (χ0) is 40.9. The molecular weight excluding hydrogens is 735 g/mol. The van der Waals surface area contributed by atoms with Crippen LogP contribution in [0.4, 0.5) is 0 Å². The maximum absolute atomic E-state index is 11.6. The predicted molar refractivity (Wildman–Crippen MR) is 219 cm³/mol. The van der Waals surface area contributed by atoms with Crippen molar-refractivity contribution in [1.29, 1.82) is 0 Å². The quantitative estimate of drug-likeness (QED) is 0.202. The van der Waals surface area contributed by atoms with Crippen LogP contribution in [0.5, 0.6) is 0 Å². The molecule has 3 fully saturated rings. The highest BCUT2D eigenvalue weighted by molar-refractivity contribution is 5.97. The molecule has 3 aromatic rings. The second-order valence-electron chi connectivity index (χ2n) is 17.6. The molecule has 0 bridgehead atoms. The highest BCUT2D eigenvalue weighted by atomic mass is 16.5. The van der Waals surface area contributed by atoms with E-state index >= 15 is 0 Å². The summed E-state index contributed by atoms with van der Waals surface area (Å²) in [5, 5.41) is 12.4. The fourth-order valence-electron chi connectivity index (χ4n) is 10.5. The van der Waals surface area contributed by atoms with Crippen molar-refractivity contribution in [3.63, 3.8) is 0 Å². The Balaban J connectivity index is 0.000000133. The lowest BCUT2D eigenvalue weighted by atomic mass is 9.71. The summed E-state index contributed by atoms with van der Waals surface area (Å²) in [6.45, 7) is 5.18. The van der Waals surface area contributed by atoms with Crippen molar-refractivity contribution >= 4 is 30.5 Å². The lowest BCUT2D eigenvalue weighted by Gasteiger charge is -2.34. The number of aliphatic hydroxyl groups is 1. The second kappa shape index (κ2) is 17.5. The first-order valence-electron chi connectivity index (χ1n) is 20.8. The van der Waals surface area contributed by atoms with Crippen molar-refractivity contribution < 1.29 is 38.6 Å². The Kier molecular flexibility index (Phi) is 12.5. The number of benzene rings is 3. The van der Waals surface area contributed by atoms with E-state index in [0.29, 0.717) is 22.1 Å². The Morgan fingerprint density at radius 3 is 1.45 bits per heavy atom. The van der Waals surface area contributed by atoms with Gasteiger partial charge in [-0.05, 0) is 164 Å². The molecule has 0 saturated carbocycles. The molecule has 3 spiro atoms.